The summed E-state index contributed by atoms with van der Waals surface area (Å²) in [7, 11) is 2.87. The van der Waals surface area contributed by atoms with Crippen molar-refractivity contribution in [1.82, 2.24) is 4.57 Å². The lowest BCUT2D eigenvalue weighted by Gasteiger charge is -2.05. The lowest BCUT2D eigenvalue weighted by atomic mass is 10.1. The number of methoxy groups -OCH3 is 2. The Morgan fingerprint density at radius 2 is 1.90 bits per heavy atom. The fourth-order valence-corrected chi connectivity index (χ4v) is 3.99. The largest absolute Gasteiger partial charge is 0.465 e. The molecule has 0 aliphatic rings. The van der Waals surface area contributed by atoms with E-state index in [4.69, 9.17) is 9.47 Å². The monoisotopic (exact) mass is 429 g/mol. The van der Waals surface area contributed by atoms with Crippen molar-refractivity contribution in [3.05, 3.63) is 68.0 Å². The lowest BCUT2D eigenvalue weighted by Crippen LogP contribution is -2.19. The Balaban J connectivity index is 2.12. The smallest absolute Gasteiger partial charge is 0.337 e. The van der Waals surface area contributed by atoms with Crippen molar-refractivity contribution in [2.24, 2.45) is 4.99 Å². The van der Waals surface area contributed by atoms with E-state index in [1.165, 1.54) is 36.6 Å². The number of rotatable bonds is 6. The highest BCUT2D eigenvalue weighted by Gasteiger charge is 2.16. The van der Waals surface area contributed by atoms with Crippen molar-refractivity contribution in [2.75, 3.05) is 20.8 Å². The summed E-state index contributed by atoms with van der Waals surface area (Å²) in [6.45, 7) is 2.43. The molecule has 0 aliphatic carbocycles. The zero-order valence-corrected chi connectivity index (χ0v) is 17.4. The van der Waals surface area contributed by atoms with Crippen LogP contribution in [0.3, 0.4) is 0 Å². The maximum atomic E-state index is 12.7. The van der Waals surface area contributed by atoms with Crippen LogP contribution < -0.4 is 4.80 Å². The van der Waals surface area contributed by atoms with E-state index >= 15 is 0 Å². The zero-order valence-electron chi connectivity index (χ0n) is 16.6. The highest BCUT2D eigenvalue weighted by atomic mass is 32.1. The molecule has 1 heterocycles. The summed E-state index contributed by atoms with van der Waals surface area (Å²) in [6, 6.07) is 9.33. The molecule has 0 saturated heterocycles. The number of aryl methyl sites for hydroxylation is 1. The number of nitrogens with zero attached hydrogens (tertiary/aromatic N) is 3. The molecule has 0 saturated carbocycles. The molecule has 0 spiro atoms. The van der Waals surface area contributed by atoms with E-state index in [2.05, 4.69) is 4.99 Å². The highest BCUT2D eigenvalue weighted by Crippen LogP contribution is 2.22. The number of ether oxygens (including phenoxy) is 2. The molecular weight excluding hydrogens is 410 g/mol. The van der Waals surface area contributed by atoms with E-state index in [-0.39, 0.29) is 11.3 Å². The second kappa shape index (κ2) is 8.97. The number of nitro groups is 1. The fraction of sp³-hybridized carbons (Fsp3) is 0.250. The number of fused-ring (bicyclic) bond motifs is 1. The van der Waals surface area contributed by atoms with Gasteiger partial charge in [0, 0.05) is 30.8 Å². The van der Waals surface area contributed by atoms with Crippen LogP contribution in [0.15, 0.2) is 41.4 Å². The third-order valence-electron chi connectivity index (χ3n) is 4.47. The predicted octanol–water partition coefficient (Wildman–Crippen LogP) is 3.09. The Morgan fingerprint density at radius 1 is 1.17 bits per heavy atom. The van der Waals surface area contributed by atoms with Gasteiger partial charge in [-0.25, -0.2) is 4.79 Å². The molecular formula is C20H19N3O6S. The minimum atomic E-state index is -0.594. The first-order valence-corrected chi connectivity index (χ1v) is 9.72. The van der Waals surface area contributed by atoms with Gasteiger partial charge in [0.1, 0.15) is 0 Å². The Labute approximate surface area is 175 Å². The summed E-state index contributed by atoms with van der Waals surface area (Å²) in [5.74, 6) is -1.06. The van der Waals surface area contributed by atoms with Gasteiger partial charge >= 0.3 is 5.97 Å². The van der Waals surface area contributed by atoms with Crippen LogP contribution in [0.25, 0.3) is 10.2 Å². The van der Waals surface area contributed by atoms with E-state index in [0.29, 0.717) is 29.1 Å². The molecule has 0 bridgehead atoms. The minimum absolute atomic E-state index is 0.123. The number of aromatic nitrogens is 1. The van der Waals surface area contributed by atoms with E-state index in [1.807, 2.05) is 4.57 Å². The third kappa shape index (κ3) is 4.29. The van der Waals surface area contributed by atoms with Gasteiger partial charge in [-0.3, -0.25) is 14.9 Å². The lowest BCUT2D eigenvalue weighted by molar-refractivity contribution is -0.385. The first-order valence-electron chi connectivity index (χ1n) is 8.90. The van der Waals surface area contributed by atoms with Crippen LogP contribution in [0.4, 0.5) is 5.69 Å². The predicted molar refractivity (Wildman–Crippen MR) is 111 cm³/mol. The summed E-state index contributed by atoms with van der Waals surface area (Å²) in [5, 5.41) is 11.2. The van der Waals surface area contributed by atoms with Crippen LogP contribution in [0.1, 0.15) is 26.3 Å². The van der Waals surface area contributed by atoms with Gasteiger partial charge in [-0.05, 0) is 31.2 Å². The van der Waals surface area contributed by atoms with E-state index in [0.717, 1.165) is 10.2 Å². The molecule has 0 atom stereocenters. The maximum Gasteiger partial charge on any atom is 0.337 e. The van der Waals surface area contributed by atoms with Crippen molar-refractivity contribution in [3.8, 4) is 0 Å². The molecule has 0 N–H and O–H groups in total. The number of amides is 1. The first kappa shape index (κ1) is 21.3. The van der Waals surface area contributed by atoms with E-state index < -0.39 is 16.8 Å². The summed E-state index contributed by atoms with van der Waals surface area (Å²) in [5.41, 5.74) is 1.62. The average molecular weight is 429 g/mol. The molecule has 1 aromatic heterocycles. The molecule has 0 radical (unpaired) electrons. The van der Waals surface area contributed by atoms with Crippen molar-refractivity contribution < 1.29 is 24.0 Å². The van der Waals surface area contributed by atoms with Gasteiger partial charge in [0.25, 0.3) is 11.6 Å². The quantitative estimate of drug-likeness (QED) is 0.338. The highest BCUT2D eigenvalue weighted by molar-refractivity contribution is 7.16. The molecule has 1 amide bonds. The van der Waals surface area contributed by atoms with Crippen LogP contribution in [0.2, 0.25) is 0 Å². The second-order valence-corrected chi connectivity index (χ2v) is 7.39. The van der Waals surface area contributed by atoms with Gasteiger partial charge in [-0.15, -0.1) is 0 Å². The van der Waals surface area contributed by atoms with Crippen LogP contribution in [0.5, 0.6) is 0 Å². The van der Waals surface area contributed by atoms with Gasteiger partial charge in [0.2, 0.25) is 0 Å². The molecule has 9 nitrogen and oxygen atoms in total. The normalized spacial score (nSPS) is 11.6. The number of esters is 1. The number of nitro benzene ring substituents is 1. The molecule has 30 heavy (non-hydrogen) atoms. The Morgan fingerprint density at radius 3 is 2.57 bits per heavy atom. The molecule has 0 aliphatic heterocycles. The Hall–Kier alpha value is -3.37. The molecule has 2 aromatic carbocycles. The molecule has 3 aromatic rings. The van der Waals surface area contributed by atoms with Crippen molar-refractivity contribution in [3.63, 3.8) is 0 Å². The summed E-state index contributed by atoms with van der Waals surface area (Å²) < 4.78 is 12.5. The summed E-state index contributed by atoms with van der Waals surface area (Å²) in [6.07, 6.45) is 0. The van der Waals surface area contributed by atoms with Gasteiger partial charge in [0.15, 0.2) is 4.80 Å². The minimum Gasteiger partial charge on any atom is -0.465 e. The number of hydrogen-bond acceptors (Lipinski definition) is 7. The van der Waals surface area contributed by atoms with Gasteiger partial charge < -0.3 is 14.0 Å². The summed E-state index contributed by atoms with van der Waals surface area (Å²) in [4.78, 5) is 39.8. The van der Waals surface area contributed by atoms with Gasteiger partial charge in [-0.1, -0.05) is 17.4 Å². The van der Waals surface area contributed by atoms with E-state index in [9.17, 15) is 19.7 Å². The fourth-order valence-electron chi connectivity index (χ4n) is 2.89. The molecule has 156 valence electrons. The topological polar surface area (TPSA) is 113 Å². The second-order valence-electron chi connectivity index (χ2n) is 6.38. The number of carbonyl (C=O) groups is 2. The number of thiazole rings is 1. The van der Waals surface area contributed by atoms with Crippen molar-refractivity contribution in [1.29, 1.82) is 0 Å². The number of benzene rings is 2. The number of carbonyl (C=O) groups excluding carboxylic acids is 2. The number of hydrogen-bond donors (Lipinski definition) is 0. The average Bonchev–Trinajstić information content (AvgIpc) is 3.07. The van der Waals surface area contributed by atoms with Gasteiger partial charge in [0.05, 0.1) is 34.4 Å². The summed E-state index contributed by atoms with van der Waals surface area (Å²) >= 11 is 1.23. The standard InChI is InChI=1S/C20H19N3O6S/c1-12-4-5-13(10-16(12)23(26)27)18(24)21-20-22(8-9-28-2)15-7-6-14(19(25)29-3)11-17(15)30-20/h4-7,10-11H,8-9H2,1-3H3. The van der Waals surface area contributed by atoms with Crippen molar-refractivity contribution >= 4 is 39.1 Å². The van der Waals surface area contributed by atoms with Crippen LogP contribution in [0, 0.1) is 17.0 Å². The van der Waals surface area contributed by atoms with Crippen molar-refractivity contribution in [2.45, 2.75) is 13.5 Å². The van der Waals surface area contributed by atoms with Gasteiger partial charge in [-0.2, -0.15) is 4.99 Å². The molecule has 0 fully saturated rings. The molecule has 0 unspecified atom stereocenters. The molecule has 10 heteroatoms. The maximum absolute atomic E-state index is 12.7. The van der Waals surface area contributed by atoms with Crippen LogP contribution >= 0.6 is 11.3 Å². The van der Waals surface area contributed by atoms with Crippen LogP contribution in [-0.2, 0) is 16.0 Å². The molecule has 3 rings (SSSR count). The Kier molecular flexibility index (Phi) is 6.38. The zero-order chi connectivity index (χ0) is 21.8. The Bertz CT molecular complexity index is 1210. The van der Waals surface area contributed by atoms with Crippen LogP contribution in [-0.4, -0.2) is 42.2 Å². The third-order valence-corrected chi connectivity index (χ3v) is 5.51. The first-order chi connectivity index (χ1) is 14.3. The van der Waals surface area contributed by atoms with E-state index in [1.54, 1.807) is 32.2 Å². The SMILES string of the molecule is COCCn1c(=NC(=O)c2ccc(C)c([N+](=O)[O-])c2)sc2cc(C(=O)OC)ccc21.